The summed E-state index contributed by atoms with van der Waals surface area (Å²) in [6.45, 7) is 5.71. The van der Waals surface area contributed by atoms with Crippen molar-refractivity contribution >= 4 is 11.6 Å². The van der Waals surface area contributed by atoms with Crippen LogP contribution >= 0.6 is 0 Å². The van der Waals surface area contributed by atoms with Crippen molar-refractivity contribution in [2.45, 2.75) is 32.7 Å². The summed E-state index contributed by atoms with van der Waals surface area (Å²) in [4.78, 5) is 13.0. The Morgan fingerprint density at radius 1 is 1.48 bits per heavy atom. The Bertz CT molecular complexity index is 496. The Morgan fingerprint density at radius 3 is 2.71 bits per heavy atom. The lowest BCUT2D eigenvalue weighted by atomic mass is 9.95. The third kappa shape index (κ3) is 3.94. The molecular formula is C16H24FN3O. The second-order valence-corrected chi connectivity index (χ2v) is 5.83. The molecule has 1 aromatic rings. The molecule has 4 nitrogen and oxygen atoms in total. The molecule has 21 heavy (non-hydrogen) atoms. The molecule has 0 saturated carbocycles. The van der Waals surface area contributed by atoms with E-state index >= 15 is 0 Å². The number of nitrogens with zero attached hydrogens (tertiary/aromatic N) is 1. The van der Waals surface area contributed by atoms with Gasteiger partial charge in [-0.05, 0) is 37.3 Å². The highest BCUT2D eigenvalue weighted by Crippen LogP contribution is 2.31. The number of carbonyl (C=O) groups excluding carboxylic acids is 1. The maximum Gasteiger partial charge on any atom is 0.216 e. The number of para-hydroxylation sites is 1. The number of piperidine rings is 1. The summed E-state index contributed by atoms with van der Waals surface area (Å²) < 4.78 is 14.2. The number of rotatable bonds is 4. The van der Waals surface area contributed by atoms with E-state index in [1.807, 2.05) is 13.0 Å². The van der Waals surface area contributed by atoms with E-state index in [0.717, 1.165) is 31.5 Å². The van der Waals surface area contributed by atoms with Crippen LogP contribution in [0, 0.1) is 11.7 Å². The zero-order chi connectivity index (χ0) is 15.4. The fraction of sp³-hybridized carbons (Fsp3) is 0.562. The molecule has 0 spiro atoms. The summed E-state index contributed by atoms with van der Waals surface area (Å²) in [7, 11) is 0. The molecule has 1 amide bonds. The standard InChI is InChI=1S/C16H24FN3O/c1-11(18)14-4-3-5-15(17)16(14)20-8-6-13(7-9-20)10-19-12(2)21/h3-5,11,13H,6-10,18H2,1-2H3,(H,19,21). The number of hydrogen-bond acceptors (Lipinski definition) is 3. The lowest BCUT2D eigenvalue weighted by molar-refractivity contribution is -0.119. The summed E-state index contributed by atoms with van der Waals surface area (Å²) in [5.41, 5.74) is 7.46. The maximum absolute atomic E-state index is 14.2. The van der Waals surface area contributed by atoms with E-state index in [4.69, 9.17) is 5.73 Å². The largest absolute Gasteiger partial charge is 0.369 e. The summed E-state index contributed by atoms with van der Waals surface area (Å²) >= 11 is 0. The normalized spacial score (nSPS) is 17.6. The summed E-state index contributed by atoms with van der Waals surface area (Å²) in [5, 5.41) is 2.86. The van der Waals surface area contributed by atoms with Crippen LogP contribution in [0.4, 0.5) is 10.1 Å². The third-order valence-corrected chi connectivity index (χ3v) is 4.08. The molecule has 3 N–H and O–H groups in total. The van der Waals surface area contributed by atoms with Crippen molar-refractivity contribution in [3.8, 4) is 0 Å². The lowest BCUT2D eigenvalue weighted by Crippen LogP contribution is -2.39. The van der Waals surface area contributed by atoms with Crippen molar-refractivity contribution in [2.75, 3.05) is 24.5 Å². The molecule has 0 aromatic heterocycles. The molecule has 1 unspecified atom stereocenters. The quantitative estimate of drug-likeness (QED) is 0.894. The predicted molar refractivity (Wildman–Crippen MR) is 82.6 cm³/mol. The van der Waals surface area contributed by atoms with Gasteiger partial charge < -0.3 is 16.0 Å². The number of halogens is 1. The van der Waals surface area contributed by atoms with Gasteiger partial charge in [-0.15, -0.1) is 0 Å². The van der Waals surface area contributed by atoms with Crippen molar-refractivity contribution in [3.05, 3.63) is 29.6 Å². The van der Waals surface area contributed by atoms with Crippen molar-refractivity contribution in [2.24, 2.45) is 11.7 Å². The number of amides is 1. The zero-order valence-corrected chi connectivity index (χ0v) is 12.7. The third-order valence-electron chi connectivity index (χ3n) is 4.08. The van der Waals surface area contributed by atoms with E-state index in [-0.39, 0.29) is 17.8 Å². The van der Waals surface area contributed by atoms with Gasteiger partial charge in [0.2, 0.25) is 5.91 Å². The van der Waals surface area contributed by atoms with Crippen LogP contribution in [0.15, 0.2) is 18.2 Å². The second kappa shape index (κ2) is 6.89. The fourth-order valence-corrected chi connectivity index (χ4v) is 2.88. The van der Waals surface area contributed by atoms with Crippen LogP contribution < -0.4 is 16.0 Å². The molecule has 0 aliphatic carbocycles. The molecule has 1 aliphatic heterocycles. The van der Waals surface area contributed by atoms with Gasteiger partial charge in [0, 0.05) is 32.6 Å². The van der Waals surface area contributed by atoms with E-state index < -0.39 is 0 Å². The van der Waals surface area contributed by atoms with Gasteiger partial charge in [-0.3, -0.25) is 4.79 Å². The molecule has 0 radical (unpaired) electrons. The van der Waals surface area contributed by atoms with Crippen molar-refractivity contribution in [3.63, 3.8) is 0 Å². The van der Waals surface area contributed by atoms with Crippen molar-refractivity contribution in [1.82, 2.24) is 5.32 Å². The molecule has 1 heterocycles. The first-order chi connectivity index (χ1) is 9.99. The van der Waals surface area contributed by atoms with Crippen LogP contribution in [0.25, 0.3) is 0 Å². The average molecular weight is 293 g/mol. The van der Waals surface area contributed by atoms with E-state index in [9.17, 15) is 9.18 Å². The van der Waals surface area contributed by atoms with Crippen LogP contribution in [0.1, 0.15) is 38.3 Å². The number of nitrogens with two attached hydrogens (primary N) is 1. The van der Waals surface area contributed by atoms with Gasteiger partial charge in [0.1, 0.15) is 5.82 Å². The second-order valence-electron chi connectivity index (χ2n) is 5.83. The first-order valence-electron chi connectivity index (χ1n) is 7.52. The van der Waals surface area contributed by atoms with Gasteiger partial charge in [-0.25, -0.2) is 4.39 Å². The Hall–Kier alpha value is -1.62. The minimum atomic E-state index is -0.204. The Kier molecular flexibility index (Phi) is 5.17. The van der Waals surface area contributed by atoms with Gasteiger partial charge in [0.15, 0.2) is 0 Å². The first-order valence-corrected chi connectivity index (χ1v) is 7.52. The van der Waals surface area contributed by atoms with Crippen LogP contribution in [0.3, 0.4) is 0 Å². The van der Waals surface area contributed by atoms with E-state index in [1.54, 1.807) is 6.07 Å². The molecule has 1 aromatic carbocycles. The van der Waals surface area contributed by atoms with Gasteiger partial charge >= 0.3 is 0 Å². The summed E-state index contributed by atoms with van der Waals surface area (Å²) in [6.07, 6.45) is 1.90. The maximum atomic E-state index is 14.2. The SMILES string of the molecule is CC(=O)NCC1CCN(c2c(F)cccc2C(C)N)CC1. The molecule has 1 atom stereocenters. The van der Waals surface area contributed by atoms with Crippen LogP contribution in [-0.2, 0) is 4.79 Å². The number of hydrogen-bond donors (Lipinski definition) is 2. The topological polar surface area (TPSA) is 58.4 Å². The molecule has 116 valence electrons. The van der Waals surface area contributed by atoms with Crippen LogP contribution in [0.5, 0.6) is 0 Å². The van der Waals surface area contributed by atoms with E-state index in [0.29, 0.717) is 18.2 Å². The van der Waals surface area contributed by atoms with Crippen LogP contribution in [0.2, 0.25) is 0 Å². The highest BCUT2D eigenvalue weighted by Gasteiger charge is 2.24. The minimum absolute atomic E-state index is 0.00535. The monoisotopic (exact) mass is 293 g/mol. The number of benzene rings is 1. The Morgan fingerprint density at radius 2 is 2.14 bits per heavy atom. The van der Waals surface area contributed by atoms with Gasteiger partial charge in [-0.1, -0.05) is 12.1 Å². The Balaban J connectivity index is 2.04. The Labute approximate surface area is 125 Å². The molecule has 1 aliphatic rings. The average Bonchev–Trinajstić information content (AvgIpc) is 2.45. The van der Waals surface area contributed by atoms with Crippen molar-refractivity contribution < 1.29 is 9.18 Å². The van der Waals surface area contributed by atoms with Crippen molar-refractivity contribution in [1.29, 1.82) is 0 Å². The summed E-state index contributed by atoms with van der Waals surface area (Å²) in [5.74, 6) is 0.270. The zero-order valence-electron chi connectivity index (χ0n) is 12.7. The highest BCUT2D eigenvalue weighted by molar-refractivity contribution is 5.72. The number of anilines is 1. The molecule has 0 bridgehead atoms. The van der Waals surface area contributed by atoms with Gasteiger partial charge in [-0.2, -0.15) is 0 Å². The number of carbonyl (C=O) groups is 1. The molecule has 5 heteroatoms. The highest BCUT2D eigenvalue weighted by atomic mass is 19.1. The summed E-state index contributed by atoms with van der Waals surface area (Å²) in [6, 6.07) is 4.91. The van der Waals surface area contributed by atoms with E-state index in [1.165, 1.54) is 13.0 Å². The van der Waals surface area contributed by atoms with Gasteiger partial charge in [0.05, 0.1) is 5.69 Å². The fourth-order valence-electron chi connectivity index (χ4n) is 2.88. The lowest BCUT2D eigenvalue weighted by Gasteiger charge is -2.35. The molecule has 1 saturated heterocycles. The molecule has 2 rings (SSSR count). The smallest absolute Gasteiger partial charge is 0.216 e. The predicted octanol–water partition coefficient (Wildman–Crippen LogP) is 2.20. The van der Waals surface area contributed by atoms with E-state index in [2.05, 4.69) is 10.2 Å². The first kappa shape index (κ1) is 15.8. The molecular weight excluding hydrogens is 269 g/mol. The minimum Gasteiger partial charge on any atom is -0.369 e. The number of nitrogens with one attached hydrogen (secondary N) is 1. The molecule has 1 fully saturated rings. The van der Waals surface area contributed by atoms with Gasteiger partial charge in [0.25, 0.3) is 0 Å². The van der Waals surface area contributed by atoms with Crippen LogP contribution in [-0.4, -0.2) is 25.5 Å².